The van der Waals surface area contributed by atoms with Crippen molar-refractivity contribution in [1.29, 1.82) is 0 Å². The van der Waals surface area contributed by atoms with E-state index in [1.807, 2.05) is 67.0 Å². The van der Waals surface area contributed by atoms with Crippen molar-refractivity contribution in [3.63, 3.8) is 0 Å². The molecule has 2 radical (unpaired) electrons. The van der Waals surface area contributed by atoms with Crippen LogP contribution in [0.4, 0.5) is 0 Å². The molecule has 324 valence electrons. The number of hydrogen-bond donors (Lipinski definition) is 0. The first-order chi connectivity index (χ1) is 30.2. The molecule has 0 saturated heterocycles. The van der Waals surface area contributed by atoms with E-state index in [-0.39, 0.29) is 40.2 Å². The molecule has 0 atom stereocenters. The summed E-state index contributed by atoms with van der Waals surface area (Å²) in [5, 5.41) is 4.10. The van der Waals surface area contributed by atoms with Crippen molar-refractivity contribution in [3.05, 3.63) is 206 Å². The molecule has 8 heteroatoms. The molecule has 0 aliphatic rings. The summed E-state index contributed by atoms with van der Waals surface area (Å²) in [5.41, 5.74) is 10.3. The van der Waals surface area contributed by atoms with Crippen LogP contribution >= 0.6 is 0 Å². The zero-order valence-electron chi connectivity index (χ0n) is 36.4. The fourth-order valence-electron chi connectivity index (χ4n) is 7.26. The number of pyridine rings is 3. The van der Waals surface area contributed by atoms with Crippen LogP contribution in [0.15, 0.2) is 182 Å². The second kappa shape index (κ2) is 23.2. The number of aromatic nitrogens is 3. The molecule has 5 heterocycles. The van der Waals surface area contributed by atoms with Gasteiger partial charge in [-0.05, 0) is 23.2 Å². The molecule has 10 rings (SSSR count). The Morgan fingerprint density at radius 3 is 1.25 bits per heavy atom. The first-order valence-electron chi connectivity index (χ1n) is 21.0. The van der Waals surface area contributed by atoms with Crippen LogP contribution in [0.25, 0.3) is 73.1 Å². The molecule has 0 fully saturated rings. The molecule has 5 aromatic carbocycles. The molecule has 0 aliphatic heterocycles. The summed E-state index contributed by atoms with van der Waals surface area (Å²) < 4.78 is 5.57. The first-order valence-corrected chi connectivity index (χ1v) is 27.9. The minimum atomic E-state index is -1.34. The van der Waals surface area contributed by atoms with Gasteiger partial charge in [0.05, 0.1) is 8.07 Å². The maximum atomic E-state index is 4.69. The summed E-state index contributed by atoms with van der Waals surface area (Å²) >= 11 is 0.700. The number of nitrogens with zero attached hydrogens (tertiary/aromatic N) is 3. The van der Waals surface area contributed by atoms with Gasteiger partial charge in [-0.25, -0.2) is 0 Å². The first kappa shape index (κ1) is 49.0. The number of hydrogen-bond acceptors (Lipinski definition) is 3. The van der Waals surface area contributed by atoms with Gasteiger partial charge in [-0.15, -0.1) is 35.9 Å². The van der Waals surface area contributed by atoms with Gasteiger partial charge in [-0.3, -0.25) is 0 Å². The number of fused-ring (bicyclic) bond motifs is 2. The van der Waals surface area contributed by atoms with Gasteiger partial charge in [0, 0.05) is 46.4 Å². The van der Waals surface area contributed by atoms with Crippen molar-refractivity contribution in [2.75, 3.05) is 0 Å². The quantitative estimate of drug-likeness (QED) is 0.112. The minimum absolute atomic E-state index is 0. The summed E-state index contributed by atoms with van der Waals surface area (Å²) in [4.78, 5) is 13.9. The molecule has 0 saturated carbocycles. The molecule has 0 spiro atoms. The fourth-order valence-corrected chi connectivity index (χ4v) is 13.1. The summed E-state index contributed by atoms with van der Waals surface area (Å²) in [7, 11) is -1.34. The van der Waals surface area contributed by atoms with Crippen molar-refractivity contribution in [2.24, 2.45) is 5.92 Å². The Morgan fingerprint density at radius 2 is 0.875 bits per heavy atom. The predicted octanol–water partition coefficient (Wildman–Crippen LogP) is 13.1. The number of rotatable bonds is 8. The topological polar surface area (TPSA) is 38.7 Å². The molecule has 0 bridgehead atoms. The third kappa shape index (κ3) is 12.7. The summed E-state index contributed by atoms with van der Waals surface area (Å²) in [6.07, 6.45) is 7.29. The van der Waals surface area contributed by atoms with E-state index in [2.05, 4.69) is 182 Å². The normalized spacial score (nSPS) is 10.8. The van der Waals surface area contributed by atoms with Crippen LogP contribution in [-0.4, -0.2) is 52.0 Å². The third-order valence-electron chi connectivity index (χ3n) is 10.3. The van der Waals surface area contributed by atoms with Gasteiger partial charge in [-0.1, -0.05) is 45.1 Å². The van der Waals surface area contributed by atoms with Gasteiger partial charge >= 0.3 is 259 Å². The van der Waals surface area contributed by atoms with E-state index in [1.165, 1.54) is 50.0 Å². The SMILES string of the molecule is CC(C)Cc1cc(-c2[c-]cccc2)ncc1[Si](C)(C)C.[Ir].[Ir].[c-]1ccccc1-c1cc2cc(-c3ccccc3)[se]c2cn1.[c-]1ccccc1-c1cc2cc(-c3ccccc3)[se]c2cn1. The van der Waals surface area contributed by atoms with E-state index in [9.17, 15) is 0 Å². The monoisotopic (exact) mass is 1340 g/mol. The molecular weight excluding hydrogens is 1290 g/mol. The summed E-state index contributed by atoms with van der Waals surface area (Å²) in [6, 6.07) is 66.3. The van der Waals surface area contributed by atoms with Crippen LogP contribution in [0, 0.1) is 24.1 Å². The molecule has 64 heavy (non-hydrogen) atoms. The zero-order valence-corrected chi connectivity index (χ0v) is 45.6. The van der Waals surface area contributed by atoms with Crippen molar-refractivity contribution < 1.29 is 40.2 Å². The fraction of sp³-hybridized carbons (Fsp3) is 0.125. The molecule has 0 amide bonds. The van der Waals surface area contributed by atoms with E-state index in [1.54, 1.807) is 0 Å². The molecular formula is C56H48Ir2N3Se2Si-3. The van der Waals surface area contributed by atoms with Crippen molar-refractivity contribution in [2.45, 2.75) is 39.9 Å². The van der Waals surface area contributed by atoms with Crippen molar-refractivity contribution in [3.8, 4) is 53.8 Å². The van der Waals surface area contributed by atoms with Gasteiger partial charge < -0.3 is 4.98 Å². The van der Waals surface area contributed by atoms with Gasteiger partial charge in [0.2, 0.25) is 0 Å². The van der Waals surface area contributed by atoms with Crippen LogP contribution < -0.4 is 5.19 Å². The van der Waals surface area contributed by atoms with Gasteiger partial charge in [-0.2, -0.15) is 0 Å². The molecule has 0 aliphatic carbocycles. The summed E-state index contributed by atoms with van der Waals surface area (Å²) in [6.45, 7) is 11.7. The average Bonchev–Trinajstić information content (AvgIpc) is 3.95. The van der Waals surface area contributed by atoms with Gasteiger partial charge in [0.15, 0.2) is 0 Å². The second-order valence-electron chi connectivity index (χ2n) is 16.6. The zero-order chi connectivity index (χ0) is 42.9. The Morgan fingerprint density at radius 1 is 0.484 bits per heavy atom. The van der Waals surface area contributed by atoms with E-state index in [0.717, 1.165) is 40.2 Å². The van der Waals surface area contributed by atoms with Crippen LogP contribution in [-0.2, 0) is 46.6 Å². The Kier molecular flexibility index (Phi) is 17.7. The molecule has 10 aromatic rings. The van der Waals surface area contributed by atoms with E-state index >= 15 is 0 Å². The predicted molar refractivity (Wildman–Crippen MR) is 267 cm³/mol. The van der Waals surface area contributed by atoms with Crippen LogP contribution in [0.5, 0.6) is 0 Å². The Bertz CT molecular complexity index is 2760. The molecule has 3 nitrogen and oxygen atoms in total. The van der Waals surface area contributed by atoms with Gasteiger partial charge in [0.25, 0.3) is 0 Å². The van der Waals surface area contributed by atoms with Crippen LogP contribution in [0.1, 0.15) is 19.4 Å². The second-order valence-corrected chi connectivity index (χ2v) is 26.2. The Labute approximate surface area is 418 Å². The standard InChI is InChI=1S/2C19H12NSe.C18H24NSi.2Ir/c2*1-3-7-14(8-4-1)17-11-16-12-18(21-19(16)13-20-17)15-9-5-2-6-10-15;1-14(2)11-16-12-17(15-9-7-6-8-10-15)19-13-18(16)20(3,4)5;;/h2*1-7,9-13H;6-9,12-14H,11H2,1-5H3;;/q3*-1;;. The Balaban J connectivity index is 0.000000157. The van der Waals surface area contributed by atoms with Gasteiger partial charge in [0.1, 0.15) is 0 Å². The van der Waals surface area contributed by atoms with Crippen LogP contribution in [0.3, 0.4) is 0 Å². The maximum absolute atomic E-state index is 4.69. The number of benzene rings is 5. The summed E-state index contributed by atoms with van der Waals surface area (Å²) in [5.74, 6) is 0.667. The van der Waals surface area contributed by atoms with E-state index in [0.29, 0.717) is 34.9 Å². The van der Waals surface area contributed by atoms with Crippen molar-refractivity contribution >= 4 is 61.6 Å². The average molecular weight is 1330 g/mol. The molecule has 0 unspecified atom stereocenters. The van der Waals surface area contributed by atoms with E-state index in [4.69, 9.17) is 0 Å². The Hall–Kier alpha value is -4.42. The van der Waals surface area contributed by atoms with Crippen LogP contribution in [0.2, 0.25) is 19.6 Å². The van der Waals surface area contributed by atoms with Crippen molar-refractivity contribution in [1.82, 2.24) is 15.0 Å². The molecule has 0 N–H and O–H groups in total. The third-order valence-corrected chi connectivity index (χ3v) is 17.1. The van der Waals surface area contributed by atoms with E-state index < -0.39 is 8.07 Å². The molecule has 5 aromatic heterocycles.